The van der Waals surface area contributed by atoms with Gasteiger partial charge in [0.05, 0.1) is 0 Å². The van der Waals surface area contributed by atoms with Crippen LogP contribution in [0.1, 0.15) is 12.0 Å². The predicted molar refractivity (Wildman–Crippen MR) is 57.5 cm³/mol. The maximum absolute atomic E-state index is 3.54. The van der Waals surface area contributed by atoms with Crippen molar-refractivity contribution in [1.82, 2.24) is 5.32 Å². The van der Waals surface area contributed by atoms with E-state index in [2.05, 4.69) is 38.1 Å². The van der Waals surface area contributed by atoms with Crippen molar-refractivity contribution in [3.05, 3.63) is 26.9 Å². The van der Waals surface area contributed by atoms with Crippen LogP contribution in [-0.4, -0.2) is 13.1 Å². The Morgan fingerprint density at radius 3 is 2.92 bits per heavy atom. The molecule has 3 heteroatoms. The topological polar surface area (TPSA) is 12.0 Å². The first kappa shape index (κ1) is 8.48. The summed E-state index contributed by atoms with van der Waals surface area (Å²) >= 11 is 5.29. The van der Waals surface area contributed by atoms with Crippen LogP contribution in [0.25, 0.3) is 5.57 Å². The van der Waals surface area contributed by atoms with Crippen LogP contribution < -0.4 is 5.32 Å². The maximum Gasteiger partial charge on any atom is 0.0357 e. The van der Waals surface area contributed by atoms with Crippen LogP contribution in [0, 0.1) is 0 Å². The molecule has 0 saturated carbocycles. The van der Waals surface area contributed by atoms with Gasteiger partial charge in [-0.15, -0.1) is 0 Å². The van der Waals surface area contributed by atoms with E-state index in [4.69, 9.17) is 0 Å². The lowest BCUT2D eigenvalue weighted by Gasteiger charge is -2.13. The first-order chi connectivity index (χ1) is 5.88. The molecule has 0 bridgehead atoms. The first-order valence-electron chi connectivity index (χ1n) is 4.00. The number of nitrogens with one attached hydrogen (secondary N) is 1. The van der Waals surface area contributed by atoms with Crippen molar-refractivity contribution in [1.29, 1.82) is 0 Å². The van der Waals surface area contributed by atoms with Gasteiger partial charge in [0.15, 0.2) is 0 Å². The SMILES string of the molecule is Brc1cscc1C1=CCCNC1. The molecule has 0 aromatic carbocycles. The minimum atomic E-state index is 1.01. The van der Waals surface area contributed by atoms with Gasteiger partial charge in [0.1, 0.15) is 0 Å². The Hall–Kier alpha value is -0.120. The van der Waals surface area contributed by atoms with Crippen molar-refractivity contribution in [2.75, 3.05) is 13.1 Å². The molecule has 0 spiro atoms. The molecule has 2 rings (SSSR count). The third-order valence-corrected chi connectivity index (χ3v) is 3.69. The van der Waals surface area contributed by atoms with Crippen LogP contribution in [-0.2, 0) is 0 Å². The van der Waals surface area contributed by atoms with Crippen molar-refractivity contribution in [2.45, 2.75) is 6.42 Å². The molecule has 1 nitrogen and oxygen atoms in total. The van der Waals surface area contributed by atoms with Gasteiger partial charge in [0.2, 0.25) is 0 Å². The fourth-order valence-electron chi connectivity index (χ4n) is 1.36. The lowest BCUT2D eigenvalue weighted by molar-refractivity contribution is 0.739. The number of hydrogen-bond donors (Lipinski definition) is 1. The summed E-state index contributed by atoms with van der Waals surface area (Å²) in [6.45, 7) is 2.13. The summed E-state index contributed by atoms with van der Waals surface area (Å²) in [7, 11) is 0. The quantitative estimate of drug-likeness (QED) is 0.800. The number of hydrogen-bond acceptors (Lipinski definition) is 2. The highest BCUT2D eigenvalue weighted by Gasteiger charge is 2.08. The second-order valence-corrected chi connectivity index (χ2v) is 4.43. The second-order valence-electron chi connectivity index (χ2n) is 2.83. The van der Waals surface area contributed by atoms with Gasteiger partial charge in [-0.3, -0.25) is 0 Å². The Labute approximate surface area is 84.6 Å². The summed E-state index contributed by atoms with van der Waals surface area (Å²) in [6.07, 6.45) is 3.47. The third-order valence-electron chi connectivity index (χ3n) is 1.99. The second kappa shape index (κ2) is 3.73. The van der Waals surface area contributed by atoms with Crippen molar-refractivity contribution in [2.24, 2.45) is 0 Å². The molecule has 1 N–H and O–H groups in total. The highest BCUT2D eigenvalue weighted by Crippen LogP contribution is 2.28. The van der Waals surface area contributed by atoms with Gasteiger partial charge in [0, 0.05) is 22.0 Å². The fourth-order valence-corrected chi connectivity index (χ4v) is 2.93. The highest BCUT2D eigenvalue weighted by atomic mass is 79.9. The maximum atomic E-state index is 3.54. The standard InChI is InChI=1S/C9H10BrNS/c10-9-6-12-5-8(9)7-2-1-3-11-4-7/h2,5-6,11H,1,3-4H2. The van der Waals surface area contributed by atoms with Crippen LogP contribution in [0.4, 0.5) is 0 Å². The van der Waals surface area contributed by atoms with Gasteiger partial charge in [-0.05, 0) is 39.8 Å². The van der Waals surface area contributed by atoms with E-state index in [1.54, 1.807) is 11.3 Å². The number of thiophene rings is 1. The van der Waals surface area contributed by atoms with E-state index in [9.17, 15) is 0 Å². The van der Waals surface area contributed by atoms with E-state index in [1.165, 1.54) is 15.6 Å². The molecule has 0 unspecified atom stereocenters. The monoisotopic (exact) mass is 243 g/mol. The summed E-state index contributed by atoms with van der Waals surface area (Å²) in [5.41, 5.74) is 2.78. The van der Waals surface area contributed by atoms with E-state index >= 15 is 0 Å². The molecule has 0 aliphatic carbocycles. The molecule has 0 fully saturated rings. The molecule has 2 heterocycles. The van der Waals surface area contributed by atoms with E-state index in [0.29, 0.717) is 0 Å². The molecule has 1 aliphatic rings. The van der Waals surface area contributed by atoms with Crippen molar-refractivity contribution < 1.29 is 0 Å². The molecule has 0 radical (unpaired) electrons. The largest absolute Gasteiger partial charge is 0.312 e. The summed E-state index contributed by atoms with van der Waals surface area (Å²) in [6, 6.07) is 0. The van der Waals surface area contributed by atoms with Gasteiger partial charge in [-0.1, -0.05) is 6.08 Å². The normalized spacial score (nSPS) is 17.6. The molecule has 0 atom stereocenters. The Morgan fingerprint density at radius 1 is 1.42 bits per heavy atom. The average molecular weight is 244 g/mol. The highest BCUT2D eigenvalue weighted by molar-refractivity contribution is 9.10. The van der Waals surface area contributed by atoms with E-state index in [1.807, 2.05) is 0 Å². The Balaban J connectivity index is 2.29. The predicted octanol–water partition coefficient (Wildman–Crippen LogP) is 2.89. The number of rotatable bonds is 1. The van der Waals surface area contributed by atoms with E-state index < -0.39 is 0 Å². The Kier molecular flexibility index (Phi) is 2.63. The van der Waals surface area contributed by atoms with Crippen LogP contribution in [0.5, 0.6) is 0 Å². The molecule has 0 saturated heterocycles. The molecular weight excluding hydrogens is 234 g/mol. The Bertz CT molecular complexity index is 303. The summed E-state index contributed by atoms with van der Waals surface area (Å²) in [5, 5.41) is 7.69. The minimum absolute atomic E-state index is 1.01. The van der Waals surface area contributed by atoms with Gasteiger partial charge < -0.3 is 5.32 Å². The molecule has 1 aromatic heterocycles. The van der Waals surface area contributed by atoms with Crippen molar-refractivity contribution >= 4 is 32.8 Å². The van der Waals surface area contributed by atoms with Crippen molar-refractivity contribution in [3.63, 3.8) is 0 Å². The lowest BCUT2D eigenvalue weighted by atomic mass is 10.1. The zero-order chi connectivity index (χ0) is 8.39. The van der Waals surface area contributed by atoms with Crippen LogP contribution in [0.3, 0.4) is 0 Å². The van der Waals surface area contributed by atoms with Gasteiger partial charge in [0.25, 0.3) is 0 Å². The molecule has 64 valence electrons. The summed E-state index contributed by atoms with van der Waals surface area (Å²) < 4.78 is 1.22. The summed E-state index contributed by atoms with van der Waals surface area (Å²) in [4.78, 5) is 0. The molecule has 0 amide bonds. The average Bonchev–Trinajstić information content (AvgIpc) is 2.53. The Morgan fingerprint density at radius 2 is 2.33 bits per heavy atom. The molecular formula is C9H10BrNS. The van der Waals surface area contributed by atoms with Crippen molar-refractivity contribution in [3.8, 4) is 0 Å². The molecule has 1 aliphatic heterocycles. The minimum Gasteiger partial charge on any atom is -0.312 e. The van der Waals surface area contributed by atoms with Crippen LogP contribution in [0.15, 0.2) is 21.3 Å². The van der Waals surface area contributed by atoms with Gasteiger partial charge in [-0.2, -0.15) is 11.3 Å². The fraction of sp³-hybridized carbons (Fsp3) is 0.333. The first-order valence-corrected chi connectivity index (χ1v) is 5.73. The van der Waals surface area contributed by atoms with Gasteiger partial charge >= 0.3 is 0 Å². The third kappa shape index (κ3) is 1.63. The molecule has 1 aromatic rings. The zero-order valence-corrected chi connectivity index (χ0v) is 9.04. The smallest absolute Gasteiger partial charge is 0.0357 e. The summed E-state index contributed by atoms with van der Waals surface area (Å²) in [5.74, 6) is 0. The van der Waals surface area contributed by atoms with Crippen LogP contribution in [0.2, 0.25) is 0 Å². The lowest BCUT2D eigenvalue weighted by Crippen LogP contribution is -2.21. The number of halogens is 1. The zero-order valence-electron chi connectivity index (χ0n) is 6.64. The van der Waals surface area contributed by atoms with Crippen LogP contribution >= 0.6 is 27.3 Å². The van der Waals surface area contributed by atoms with E-state index in [0.717, 1.165) is 19.5 Å². The van der Waals surface area contributed by atoms with E-state index in [-0.39, 0.29) is 0 Å². The van der Waals surface area contributed by atoms with Gasteiger partial charge in [-0.25, -0.2) is 0 Å². The molecule has 12 heavy (non-hydrogen) atoms.